The molecule has 27 heavy (non-hydrogen) atoms. The number of hydrogen-bond acceptors (Lipinski definition) is 4. The highest BCUT2D eigenvalue weighted by molar-refractivity contribution is 7.99. The predicted molar refractivity (Wildman–Crippen MR) is 109 cm³/mol. The zero-order valence-corrected chi connectivity index (χ0v) is 16.4. The van der Waals surface area contributed by atoms with Crippen LogP contribution in [-0.4, -0.2) is 30.7 Å². The molecule has 2 aromatic carbocycles. The zero-order valence-electron chi connectivity index (χ0n) is 14.8. The molecule has 2 amide bonds. The first-order valence-electron chi connectivity index (χ1n) is 8.81. The minimum absolute atomic E-state index is 0.00805. The minimum atomic E-state index is -0.00805. The molecule has 1 heterocycles. The molecule has 0 saturated carbocycles. The summed E-state index contributed by atoms with van der Waals surface area (Å²) in [6.45, 7) is 0.845. The van der Waals surface area contributed by atoms with Crippen LogP contribution in [0.1, 0.15) is 18.4 Å². The predicted octanol–water partition coefficient (Wildman–Crippen LogP) is 3.90. The number of rotatable bonds is 8. The largest absolute Gasteiger partial charge is 0.492 e. The fraction of sp³-hybridized carbons (Fsp3) is 0.300. The van der Waals surface area contributed by atoms with Crippen LogP contribution in [0.2, 0.25) is 5.02 Å². The van der Waals surface area contributed by atoms with E-state index in [9.17, 15) is 9.59 Å². The van der Waals surface area contributed by atoms with Gasteiger partial charge in [-0.3, -0.25) is 9.59 Å². The molecule has 0 radical (unpaired) electrons. The number of ether oxygens (including phenoxy) is 1. The maximum atomic E-state index is 11.9. The lowest BCUT2D eigenvalue weighted by Gasteiger charge is -2.17. The van der Waals surface area contributed by atoms with Crippen molar-refractivity contribution in [2.24, 2.45) is 0 Å². The summed E-state index contributed by atoms with van der Waals surface area (Å²) < 4.78 is 5.69. The molecular formula is C20H21ClN2O3S. The molecule has 1 aliphatic heterocycles. The highest BCUT2D eigenvalue weighted by atomic mass is 35.5. The number of fused-ring (bicyclic) bond motifs is 1. The van der Waals surface area contributed by atoms with Crippen LogP contribution in [0.5, 0.6) is 5.75 Å². The van der Waals surface area contributed by atoms with Crippen molar-refractivity contribution in [1.29, 1.82) is 0 Å². The molecule has 0 atom stereocenters. The number of benzene rings is 2. The van der Waals surface area contributed by atoms with Gasteiger partial charge in [-0.05, 0) is 42.3 Å². The van der Waals surface area contributed by atoms with Gasteiger partial charge in [0.05, 0.1) is 11.6 Å². The minimum Gasteiger partial charge on any atom is -0.492 e. The number of anilines is 1. The standard InChI is InChI=1S/C20H21ClN2O3S/c21-16-3-1-2-4-18(16)27-12-9-19(24)22-10-11-26-15-6-7-17-14(13-15)5-8-20(25)23-17/h1-4,6-7,13H,5,8-12H2,(H,22,24)(H,23,25). The number of nitrogens with one attached hydrogen (secondary N) is 2. The van der Waals surface area contributed by atoms with Crippen LogP contribution in [-0.2, 0) is 16.0 Å². The van der Waals surface area contributed by atoms with Crippen LogP contribution in [0.15, 0.2) is 47.4 Å². The molecule has 7 heteroatoms. The van der Waals surface area contributed by atoms with Crippen molar-refractivity contribution < 1.29 is 14.3 Å². The molecule has 0 bridgehead atoms. The molecule has 3 rings (SSSR count). The van der Waals surface area contributed by atoms with E-state index < -0.39 is 0 Å². The molecule has 142 valence electrons. The topological polar surface area (TPSA) is 67.4 Å². The Bertz CT molecular complexity index is 829. The normalized spacial score (nSPS) is 12.9. The van der Waals surface area contributed by atoms with Crippen LogP contribution in [0.4, 0.5) is 5.69 Å². The third kappa shape index (κ3) is 5.91. The Balaban J connectivity index is 1.33. The van der Waals surface area contributed by atoms with Gasteiger partial charge in [-0.15, -0.1) is 11.8 Å². The number of carbonyl (C=O) groups is 2. The lowest BCUT2D eigenvalue weighted by atomic mass is 10.0. The highest BCUT2D eigenvalue weighted by Crippen LogP contribution is 2.27. The van der Waals surface area contributed by atoms with Gasteiger partial charge in [0.2, 0.25) is 11.8 Å². The quantitative estimate of drug-likeness (QED) is 0.517. The van der Waals surface area contributed by atoms with Crippen LogP contribution >= 0.6 is 23.4 Å². The molecule has 0 spiro atoms. The number of amides is 2. The van der Waals surface area contributed by atoms with Crippen molar-refractivity contribution in [2.75, 3.05) is 24.2 Å². The van der Waals surface area contributed by atoms with Gasteiger partial charge in [-0.25, -0.2) is 0 Å². The van der Waals surface area contributed by atoms with Crippen molar-refractivity contribution in [3.8, 4) is 5.75 Å². The lowest BCUT2D eigenvalue weighted by molar-refractivity contribution is -0.120. The van der Waals surface area contributed by atoms with Crippen LogP contribution in [0, 0.1) is 0 Å². The van der Waals surface area contributed by atoms with E-state index in [1.165, 1.54) is 0 Å². The van der Waals surface area contributed by atoms with E-state index >= 15 is 0 Å². The first kappa shape index (κ1) is 19.6. The Labute approximate surface area is 167 Å². The smallest absolute Gasteiger partial charge is 0.224 e. The SMILES string of the molecule is O=C(CCSc1ccccc1Cl)NCCOc1ccc2c(c1)CCC(=O)N2. The number of aryl methyl sites for hydroxylation is 1. The first-order chi connectivity index (χ1) is 13.1. The second-order valence-electron chi connectivity index (χ2n) is 6.09. The van der Waals surface area contributed by atoms with E-state index in [0.717, 1.165) is 28.3 Å². The second kappa shape index (κ2) is 9.67. The number of thioether (sulfide) groups is 1. The number of hydrogen-bond donors (Lipinski definition) is 2. The summed E-state index contributed by atoms with van der Waals surface area (Å²) in [6, 6.07) is 13.2. The Morgan fingerprint density at radius 3 is 2.93 bits per heavy atom. The summed E-state index contributed by atoms with van der Waals surface area (Å²) in [6.07, 6.45) is 1.64. The monoisotopic (exact) mass is 404 g/mol. The van der Waals surface area contributed by atoms with Crippen molar-refractivity contribution in [3.63, 3.8) is 0 Å². The fourth-order valence-corrected chi connectivity index (χ4v) is 3.90. The molecule has 0 unspecified atom stereocenters. The van der Waals surface area contributed by atoms with E-state index in [1.807, 2.05) is 42.5 Å². The van der Waals surface area contributed by atoms with Gasteiger partial charge in [0, 0.05) is 29.2 Å². The fourth-order valence-electron chi connectivity index (χ4n) is 2.71. The van der Waals surface area contributed by atoms with Crippen LogP contribution in [0.25, 0.3) is 0 Å². The molecule has 2 aromatic rings. The lowest BCUT2D eigenvalue weighted by Crippen LogP contribution is -2.28. The molecule has 0 saturated heterocycles. The van der Waals surface area contributed by atoms with Gasteiger partial charge < -0.3 is 15.4 Å². The summed E-state index contributed by atoms with van der Waals surface area (Å²) in [5, 5.41) is 6.41. The molecule has 2 N–H and O–H groups in total. The summed E-state index contributed by atoms with van der Waals surface area (Å²) in [4.78, 5) is 24.3. The van der Waals surface area contributed by atoms with E-state index in [0.29, 0.717) is 36.8 Å². The maximum Gasteiger partial charge on any atom is 0.224 e. The number of halogens is 1. The third-order valence-corrected chi connectivity index (χ3v) is 5.61. The van der Waals surface area contributed by atoms with Crippen molar-refractivity contribution in [1.82, 2.24) is 5.32 Å². The van der Waals surface area contributed by atoms with Gasteiger partial charge in [0.1, 0.15) is 12.4 Å². The third-order valence-electron chi connectivity index (χ3n) is 4.09. The average molecular weight is 405 g/mol. The first-order valence-corrected chi connectivity index (χ1v) is 10.2. The highest BCUT2D eigenvalue weighted by Gasteiger charge is 2.15. The molecule has 1 aliphatic rings. The summed E-state index contributed by atoms with van der Waals surface area (Å²) in [5.74, 6) is 1.46. The molecular weight excluding hydrogens is 384 g/mol. The summed E-state index contributed by atoms with van der Waals surface area (Å²) >= 11 is 7.66. The van der Waals surface area contributed by atoms with Crippen LogP contribution in [0.3, 0.4) is 0 Å². The van der Waals surface area contributed by atoms with Gasteiger partial charge in [-0.2, -0.15) is 0 Å². The summed E-state index contributed by atoms with van der Waals surface area (Å²) in [7, 11) is 0. The number of carbonyl (C=O) groups excluding carboxylic acids is 2. The van der Waals surface area contributed by atoms with Gasteiger partial charge in [0.15, 0.2) is 0 Å². The van der Waals surface area contributed by atoms with Crippen molar-refractivity contribution in [3.05, 3.63) is 53.1 Å². The Hall–Kier alpha value is -2.18. The maximum absolute atomic E-state index is 11.9. The van der Waals surface area contributed by atoms with E-state index in [-0.39, 0.29) is 11.8 Å². The van der Waals surface area contributed by atoms with Gasteiger partial charge >= 0.3 is 0 Å². The molecule has 0 aromatic heterocycles. The van der Waals surface area contributed by atoms with Crippen molar-refractivity contribution >= 4 is 40.9 Å². The van der Waals surface area contributed by atoms with E-state index in [2.05, 4.69) is 10.6 Å². The van der Waals surface area contributed by atoms with Gasteiger partial charge in [-0.1, -0.05) is 23.7 Å². The van der Waals surface area contributed by atoms with Crippen LogP contribution < -0.4 is 15.4 Å². The second-order valence-corrected chi connectivity index (χ2v) is 7.64. The van der Waals surface area contributed by atoms with Crippen molar-refractivity contribution in [2.45, 2.75) is 24.2 Å². The Morgan fingerprint density at radius 2 is 2.07 bits per heavy atom. The molecule has 5 nitrogen and oxygen atoms in total. The zero-order chi connectivity index (χ0) is 19.1. The molecule has 0 fully saturated rings. The summed E-state index contributed by atoms with van der Waals surface area (Å²) in [5.41, 5.74) is 1.93. The van der Waals surface area contributed by atoms with E-state index in [1.54, 1.807) is 11.8 Å². The van der Waals surface area contributed by atoms with Gasteiger partial charge in [0.25, 0.3) is 0 Å². The Kier molecular flexibility index (Phi) is 7.01. The molecule has 0 aliphatic carbocycles. The Morgan fingerprint density at radius 1 is 1.22 bits per heavy atom. The average Bonchev–Trinajstić information content (AvgIpc) is 2.67. The van der Waals surface area contributed by atoms with E-state index in [4.69, 9.17) is 16.3 Å².